The molecule has 6 nitrogen and oxygen atoms in total. The molecule has 3 amide bonds. The van der Waals surface area contributed by atoms with Crippen molar-refractivity contribution < 1.29 is 9.59 Å². The van der Waals surface area contributed by atoms with Crippen LogP contribution in [0.4, 0.5) is 4.79 Å². The molecule has 2 N–H and O–H groups in total. The molecule has 0 bridgehead atoms. The third kappa shape index (κ3) is 6.23. The van der Waals surface area contributed by atoms with E-state index in [-0.39, 0.29) is 11.9 Å². The normalized spacial score (nSPS) is 16.0. The van der Waals surface area contributed by atoms with E-state index in [4.69, 9.17) is 0 Å². The van der Waals surface area contributed by atoms with Crippen molar-refractivity contribution in [1.82, 2.24) is 20.4 Å². The second-order valence-corrected chi connectivity index (χ2v) is 5.16. The number of carbonyl (C=O) groups excluding carboxylic acids is 2. The number of rotatable bonds is 7. The second-order valence-electron chi connectivity index (χ2n) is 5.16. The first-order chi connectivity index (χ1) is 9.67. The Hall–Kier alpha value is -1.30. The lowest BCUT2D eigenvalue weighted by Gasteiger charge is -2.34. The van der Waals surface area contributed by atoms with Crippen LogP contribution in [-0.4, -0.2) is 67.6 Å². The third-order valence-electron chi connectivity index (χ3n) is 3.46. The first-order valence-electron chi connectivity index (χ1n) is 7.69. The molecule has 0 radical (unpaired) electrons. The fourth-order valence-corrected chi connectivity index (χ4v) is 2.23. The molecule has 1 saturated heterocycles. The first-order valence-corrected chi connectivity index (χ1v) is 7.69. The highest BCUT2D eigenvalue weighted by molar-refractivity contribution is 5.78. The number of unbranched alkanes of at least 4 members (excludes halogenated alkanes) is 2. The van der Waals surface area contributed by atoms with Gasteiger partial charge in [-0.15, -0.1) is 0 Å². The van der Waals surface area contributed by atoms with Crippen LogP contribution >= 0.6 is 0 Å². The molecule has 1 aliphatic heterocycles. The van der Waals surface area contributed by atoms with Gasteiger partial charge in [-0.05, 0) is 13.3 Å². The summed E-state index contributed by atoms with van der Waals surface area (Å²) in [7, 11) is 0. The summed E-state index contributed by atoms with van der Waals surface area (Å²) >= 11 is 0. The van der Waals surface area contributed by atoms with E-state index < -0.39 is 0 Å². The minimum Gasteiger partial charge on any atom is -0.355 e. The quantitative estimate of drug-likeness (QED) is 0.674. The van der Waals surface area contributed by atoms with Crippen molar-refractivity contribution in [3.8, 4) is 0 Å². The predicted molar refractivity (Wildman–Crippen MR) is 79.6 cm³/mol. The van der Waals surface area contributed by atoms with E-state index in [0.717, 1.165) is 38.9 Å². The van der Waals surface area contributed by atoms with Crippen molar-refractivity contribution in [1.29, 1.82) is 0 Å². The molecular formula is C14H28N4O2. The van der Waals surface area contributed by atoms with Gasteiger partial charge in [-0.1, -0.05) is 19.8 Å². The number of piperazine rings is 1. The topological polar surface area (TPSA) is 64.7 Å². The van der Waals surface area contributed by atoms with Crippen molar-refractivity contribution in [3.05, 3.63) is 0 Å². The lowest BCUT2D eigenvalue weighted by Crippen LogP contribution is -2.53. The van der Waals surface area contributed by atoms with E-state index in [1.54, 1.807) is 4.90 Å². The molecule has 6 heteroatoms. The van der Waals surface area contributed by atoms with Crippen LogP contribution in [0, 0.1) is 0 Å². The lowest BCUT2D eigenvalue weighted by atomic mass is 10.2. The Bertz CT molecular complexity index is 302. The lowest BCUT2D eigenvalue weighted by molar-refractivity contribution is -0.122. The van der Waals surface area contributed by atoms with Crippen LogP contribution in [0.15, 0.2) is 0 Å². The van der Waals surface area contributed by atoms with Crippen LogP contribution in [0.5, 0.6) is 0 Å². The molecule has 1 fully saturated rings. The van der Waals surface area contributed by atoms with Crippen LogP contribution in [-0.2, 0) is 4.79 Å². The number of hydrogen-bond donors (Lipinski definition) is 2. The molecule has 0 aliphatic carbocycles. The van der Waals surface area contributed by atoms with Gasteiger partial charge in [-0.25, -0.2) is 4.79 Å². The van der Waals surface area contributed by atoms with Gasteiger partial charge in [0.25, 0.3) is 0 Å². The minimum absolute atomic E-state index is 0.00355. The summed E-state index contributed by atoms with van der Waals surface area (Å²) in [5.41, 5.74) is 0. The smallest absolute Gasteiger partial charge is 0.317 e. The highest BCUT2D eigenvalue weighted by Gasteiger charge is 2.21. The van der Waals surface area contributed by atoms with Crippen molar-refractivity contribution >= 4 is 11.9 Å². The summed E-state index contributed by atoms with van der Waals surface area (Å²) in [4.78, 5) is 27.3. The highest BCUT2D eigenvalue weighted by atomic mass is 16.2. The number of nitrogens with zero attached hydrogens (tertiary/aromatic N) is 2. The Kier molecular flexibility index (Phi) is 8.02. The molecule has 1 rings (SSSR count). The maximum atomic E-state index is 11.7. The molecule has 116 valence electrons. The van der Waals surface area contributed by atoms with Gasteiger partial charge in [-0.2, -0.15) is 0 Å². The number of carbonyl (C=O) groups is 2. The third-order valence-corrected chi connectivity index (χ3v) is 3.46. The number of urea groups is 1. The van der Waals surface area contributed by atoms with E-state index >= 15 is 0 Å². The fraction of sp³-hybridized carbons (Fsp3) is 0.857. The molecule has 0 aromatic heterocycles. The molecule has 0 saturated carbocycles. The second kappa shape index (κ2) is 9.58. The van der Waals surface area contributed by atoms with Crippen LogP contribution in [0.3, 0.4) is 0 Å². The van der Waals surface area contributed by atoms with Gasteiger partial charge in [-0.3, -0.25) is 9.69 Å². The van der Waals surface area contributed by atoms with E-state index in [0.29, 0.717) is 26.2 Å². The van der Waals surface area contributed by atoms with Gasteiger partial charge >= 0.3 is 6.03 Å². The summed E-state index contributed by atoms with van der Waals surface area (Å²) in [5.74, 6) is 0.0903. The van der Waals surface area contributed by atoms with Crippen molar-refractivity contribution in [2.75, 3.05) is 45.8 Å². The Labute approximate surface area is 121 Å². The molecular weight excluding hydrogens is 256 g/mol. The molecule has 20 heavy (non-hydrogen) atoms. The molecule has 1 heterocycles. The fourth-order valence-electron chi connectivity index (χ4n) is 2.23. The maximum absolute atomic E-state index is 11.7. The Morgan fingerprint density at radius 2 is 1.70 bits per heavy atom. The predicted octanol–water partition coefficient (Wildman–Crippen LogP) is 0.640. The van der Waals surface area contributed by atoms with Crippen LogP contribution in [0.1, 0.15) is 33.1 Å². The average molecular weight is 284 g/mol. The monoisotopic (exact) mass is 284 g/mol. The largest absolute Gasteiger partial charge is 0.355 e. The summed E-state index contributed by atoms with van der Waals surface area (Å²) < 4.78 is 0. The number of nitrogens with one attached hydrogen (secondary N) is 2. The molecule has 0 atom stereocenters. The van der Waals surface area contributed by atoms with Gasteiger partial charge < -0.3 is 15.5 Å². The summed E-state index contributed by atoms with van der Waals surface area (Å²) in [6, 6.07) is -0.00355. The first kappa shape index (κ1) is 16.8. The highest BCUT2D eigenvalue weighted by Crippen LogP contribution is 2.01. The standard InChI is InChI=1S/C14H28N4O2/c1-3-5-6-7-16-13(19)12-17-8-10-18(11-9-17)14(20)15-4-2/h3-12H2,1-2H3,(H,15,20)(H,16,19). The molecule has 0 aromatic carbocycles. The van der Waals surface area contributed by atoms with Gasteiger partial charge in [0.05, 0.1) is 6.54 Å². The Balaban J connectivity index is 2.15. The SMILES string of the molecule is CCCCCNC(=O)CN1CCN(C(=O)NCC)CC1. The molecule has 1 aliphatic rings. The van der Waals surface area contributed by atoms with E-state index in [9.17, 15) is 9.59 Å². The zero-order chi connectivity index (χ0) is 14.8. The molecule has 0 aromatic rings. The molecule has 0 unspecified atom stereocenters. The average Bonchev–Trinajstić information content (AvgIpc) is 2.45. The van der Waals surface area contributed by atoms with Crippen molar-refractivity contribution in [2.24, 2.45) is 0 Å². The van der Waals surface area contributed by atoms with Crippen molar-refractivity contribution in [2.45, 2.75) is 33.1 Å². The number of hydrogen-bond acceptors (Lipinski definition) is 3. The zero-order valence-electron chi connectivity index (χ0n) is 12.8. The molecule has 0 spiro atoms. The summed E-state index contributed by atoms with van der Waals surface area (Å²) in [5, 5.41) is 5.75. The minimum atomic E-state index is -0.00355. The Morgan fingerprint density at radius 3 is 2.30 bits per heavy atom. The van der Waals surface area contributed by atoms with Crippen LogP contribution < -0.4 is 10.6 Å². The van der Waals surface area contributed by atoms with Gasteiger partial charge in [0.2, 0.25) is 5.91 Å². The zero-order valence-corrected chi connectivity index (χ0v) is 12.8. The summed E-state index contributed by atoms with van der Waals surface area (Å²) in [6.45, 7) is 8.83. The van der Waals surface area contributed by atoms with Crippen LogP contribution in [0.2, 0.25) is 0 Å². The van der Waals surface area contributed by atoms with E-state index in [2.05, 4.69) is 22.5 Å². The van der Waals surface area contributed by atoms with Crippen molar-refractivity contribution in [3.63, 3.8) is 0 Å². The van der Waals surface area contributed by atoms with Gasteiger partial charge in [0.1, 0.15) is 0 Å². The maximum Gasteiger partial charge on any atom is 0.317 e. The Morgan fingerprint density at radius 1 is 1.00 bits per heavy atom. The number of amides is 3. The van der Waals surface area contributed by atoms with E-state index in [1.165, 1.54) is 0 Å². The summed E-state index contributed by atoms with van der Waals surface area (Å²) in [6.07, 6.45) is 3.37. The van der Waals surface area contributed by atoms with Crippen LogP contribution in [0.25, 0.3) is 0 Å². The van der Waals surface area contributed by atoms with Gasteiger partial charge in [0.15, 0.2) is 0 Å². The van der Waals surface area contributed by atoms with E-state index in [1.807, 2.05) is 6.92 Å². The van der Waals surface area contributed by atoms with Gasteiger partial charge in [0, 0.05) is 39.3 Å².